The van der Waals surface area contributed by atoms with Crippen molar-refractivity contribution in [3.8, 4) is 16.8 Å². The molecule has 0 N–H and O–H groups in total. The van der Waals surface area contributed by atoms with E-state index >= 15 is 0 Å². The van der Waals surface area contributed by atoms with Crippen molar-refractivity contribution in [2.75, 3.05) is 26.2 Å². The Labute approximate surface area is 177 Å². The number of nitriles is 1. The van der Waals surface area contributed by atoms with Crippen LogP contribution in [0.4, 0.5) is 0 Å². The first-order chi connectivity index (χ1) is 14.6. The second-order valence-corrected chi connectivity index (χ2v) is 8.04. The van der Waals surface area contributed by atoms with E-state index in [9.17, 15) is 9.59 Å². The molecule has 0 aliphatic carbocycles. The predicted octanol–water partition coefficient (Wildman–Crippen LogP) is 2.17. The minimum absolute atomic E-state index is 0.0144. The number of thiophene rings is 1. The van der Waals surface area contributed by atoms with Crippen molar-refractivity contribution in [1.82, 2.24) is 19.6 Å². The molecule has 0 bridgehead atoms. The molecule has 8 nitrogen and oxygen atoms in total. The molecule has 1 saturated heterocycles. The number of rotatable bonds is 6. The third-order valence-electron chi connectivity index (χ3n) is 5.09. The van der Waals surface area contributed by atoms with E-state index in [0.29, 0.717) is 24.5 Å². The summed E-state index contributed by atoms with van der Waals surface area (Å²) in [6.07, 6.45) is 0.214. The molecular weight excluding hydrogens is 402 g/mol. The molecule has 1 aromatic carbocycles. The molecule has 30 heavy (non-hydrogen) atoms. The molecule has 3 aromatic rings. The topological polar surface area (TPSA) is 95.4 Å². The lowest BCUT2D eigenvalue weighted by Gasteiger charge is -2.34. The Morgan fingerprint density at radius 1 is 1.17 bits per heavy atom. The van der Waals surface area contributed by atoms with Crippen LogP contribution < -0.4 is 5.76 Å². The highest BCUT2D eigenvalue weighted by Crippen LogP contribution is 2.21. The van der Waals surface area contributed by atoms with Gasteiger partial charge in [-0.3, -0.25) is 9.69 Å². The maximum absolute atomic E-state index is 12.6. The monoisotopic (exact) mass is 423 g/mol. The molecule has 2 aromatic heterocycles. The molecular formula is C21H21N5O3S. The van der Waals surface area contributed by atoms with Gasteiger partial charge in [0.05, 0.1) is 23.1 Å². The van der Waals surface area contributed by atoms with Crippen LogP contribution in [0.1, 0.15) is 17.5 Å². The van der Waals surface area contributed by atoms with Gasteiger partial charge < -0.3 is 9.32 Å². The SMILES string of the molecule is N#Cc1ccc(CN2CCN(C(=O)CCn3nc(-c4cccs4)oc3=O)CC2)cc1. The number of nitrogens with zero attached hydrogens (tertiary/aromatic N) is 5. The number of hydrogen-bond donors (Lipinski definition) is 0. The number of carbonyl (C=O) groups is 1. The number of piperazine rings is 1. The summed E-state index contributed by atoms with van der Waals surface area (Å²) in [4.78, 5) is 29.4. The largest absolute Gasteiger partial charge is 0.437 e. The number of amides is 1. The van der Waals surface area contributed by atoms with E-state index in [2.05, 4.69) is 16.1 Å². The van der Waals surface area contributed by atoms with Gasteiger partial charge in [-0.15, -0.1) is 16.4 Å². The molecule has 9 heteroatoms. The Kier molecular flexibility index (Phi) is 6.07. The second kappa shape index (κ2) is 9.07. The lowest BCUT2D eigenvalue weighted by molar-refractivity contribution is -0.133. The first kappa shape index (κ1) is 20.1. The molecule has 0 unspecified atom stereocenters. The lowest BCUT2D eigenvalue weighted by atomic mass is 10.1. The van der Waals surface area contributed by atoms with Crippen LogP contribution in [-0.4, -0.2) is 51.7 Å². The average Bonchev–Trinajstić information content (AvgIpc) is 3.43. The van der Waals surface area contributed by atoms with Crippen molar-refractivity contribution in [1.29, 1.82) is 5.26 Å². The summed E-state index contributed by atoms with van der Waals surface area (Å²) in [5.74, 6) is -0.238. The Morgan fingerprint density at radius 2 is 1.93 bits per heavy atom. The van der Waals surface area contributed by atoms with Crippen molar-refractivity contribution in [3.63, 3.8) is 0 Å². The highest BCUT2D eigenvalue weighted by molar-refractivity contribution is 7.13. The van der Waals surface area contributed by atoms with Gasteiger partial charge in [-0.25, -0.2) is 4.79 Å². The third-order valence-corrected chi connectivity index (χ3v) is 5.95. The fourth-order valence-electron chi connectivity index (χ4n) is 3.41. The molecule has 1 amide bonds. The predicted molar refractivity (Wildman–Crippen MR) is 112 cm³/mol. The Hall–Kier alpha value is -3.22. The number of aromatic nitrogens is 2. The number of hydrogen-bond acceptors (Lipinski definition) is 7. The summed E-state index contributed by atoms with van der Waals surface area (Å²) in [6.45, 7) is 3.90. The van der Waals surface area contributed by atoms with Gasteiger partial charge in [0.25, 0.3) is 5.89 Å². The van der Waals surface area contributed by atoms with E-state index in [1.807, 2.05) is 46.7 Å². The first-order valence-electron chi connectivity index (χ1n) is 9.73. The summed E-state index contributed by atoms with van der Waals surface area (Å²) in [6, 6.07) is 13.4. The fourth-order valence-corrected chi connectivity index (χ4v) is 4.05. The van der Waals surface area contributed by atoms with Crippen molar-refractivity contribution in [3.05, 3.63) is 63.5 Å². The Morgan fingerprint density at radius 3 is 2.60 bits per heavy atom. The van der Waals surface area contributed by atoms with Crippen LogP contribution in [0, 0.1) is 11.3 Å². The summed E-state index contributed by atoms with van der Waals surface area (Å²) in [5.41, 5.74) is 1.81. The lowest BCUT2D eigenvalue weighted by Crippen LogP contribution is -2.48. The minimum Gasteiger partial charge on any atom is -0.387 e. The summed E-state index contributed by atoms with van der Waals surface area (Å²) in [5, 5.41) is 15.0. The molecule has 4 rings (SSSR count). The van der Waals surface area contributed by atoms with E-state index < -0.39 is 5.76 Å². The minimum atomic E-state index is -0.543. The van der Waals surface area contributed by atoms with Gasteiger partial charge in [-0.1, -0.05) is 18.2 Å². The van der Waals surface area contributed by atoms with Gasteiger partial charge in [-0.05, 0) is 29.1 Å². The van der Waals surface area contributed by atoms with Gasteiger partial charge in [0.2, 0.25) is 5.91 Å². The molecule has 1 aliphatic heterocycles. The molecule has 0 saturated carbocycles. The maximum atomic E-state index is 12.6. The highest BCUT2D eigenvalue weighted by atomic mass is 32.1. The smallest absolute Gasteiger partial charge is 0.387 e. The van der Waals surface area contributed by atoms with Gasteiger partial charge in [0.1, 0.15) is 0 Å². The van der Waals surface area contributed by atoms with Crippen LogP contribution in [0.2, 0.25) is 0 Å². The van der Waals surface area contributed by atoms with Gasteiger partial charge >= 0.3 is 5.76 Å². The van der Waals surface area contributed by atoms with Crippen LogP contribution in [0.15, 0.2) is 51.0 Å². The Balaban J connectivity index is 1.25. The van der Waals surface area contributed by atoms with Crippen LogP contribution in [-0.2, 0) is 17.9 Å². The van der Waals surface area contributed by atoms with Crippen LogP contribution in [0.25, 0.3) is 10.8 Å². The van der Waals surface area contributed by atoms with E-state index in [-0.39, 0.29) is 18.9 Å². The van der Waals surface area contributed by atoms with E-state index in [4.69, 9.17) is 9.68 Å². The van der Waals surface area contributed by atoms with Gasteiger partial charge in [-0.2, -0.15) is 9.94 Å². The maximum Gasteiger partial charge on any atom is 0.437 e. The van der Waals surface area contributed by atoms with Crippen molar-refractivity contribution in [2.45, 2.75) is 19.5 Å². The van der Waals surface area contributed by atoms with Crippen LogP contribution >= 0.6 is 11.3 Å². The highest BCUT2D eigenvalue weighted by Gasteiger charge is 2.21. The van der Waals surface area contributed by atoms with E-state index in [1.165, 1.54) is 16.0 Å². The zero-order valence-electron chi connectivity index (χ0n) is 16.4. The average molecular weight is 423 g/mol. The standard InChI is InChI=1S/C21H21N5O3S/c22-14-16-3-5-17(6-4-16)15-24-9-11-25(12-10-24)19(27)7-8-26-21(28)29-20(23-26)18-2-1-13-30-18/h1-6,13H,7-12,15H2. The Bertz CT molecular complexity index is 1090. The van der Waals surface area contributed by atoms with Crippen LogP contribution in [0.3, 0.4) is 0 Å². The molecule has 1 fully saturated rings. The summed E-state index contributed by atoms with van der Waals surface area (Å²) in [7, 11) is 0. The zero-order chi connectivity index (χ0) is 20.9. The zero-order valence-corrected chi connectivity index (χ0v) is 17.2. The first-order valence-corrected chi connectivity index (χ1v) is 10.6. The number of benzene rings is 1. The third kappa shape index (κ3) is 4.67. The molecule has 0 radical (unpaired) electrons. The second-order valence-electron chi connectivity index (χ2n) is 7.09. The fraction of sp³-hybridized carbons (Fsp3) is 0.333. The van der Waals surface area contributed by atoms with E-state index in [0.717, 1.165) is 30.1 Å². The van der Waals surface area contributed by atoms with Gasteiger partial charge in [0, 0.05) is 39.1 Å². The molecule has 0 atom stereocenters. The van der Waals surface area contributed by atoms with Crippen molar-refractivity contribution < 1.29 is 9.21 Å². The van der Waals surface area contributed by atoms with Gasteiger partial charge in [0.15, 0.2) is 0 Å². The van der Waals surface area contributed by atoms with Crippen molar-refractivity contribution >= 4 is 17.2 Å². The molecule has 1 aliphatic rings. The normalized spacial score (nSPS) is 14.6. The van der Waals surface area contributed by atoms with E-state index in [1.54, 1.807) is 0 Å². The van der Waals surface area contributed by atoms with Crippen molar-refractivity contribution in [2.24, 2.45) is 0 Å². The molecule has 0 spiro atoms. The van der Waals surface area contributed by atoms with Crippen LogP contribution in [0.5, 0.6) is 0 Å². The summed E-state index contributed by atoms with van der Waals surface area (Å²) >= 11 is 1.45. The number of aryl methyl sites for hydroxylation is 1. The summed E-state index contributed by atoms with van der Waals surface area (Å²) < 4.78 is 6.40. The molecule has 154 valence electrons. The number of carbonyl (C=O) groups excluding carboxylic acids is 1. The quantitative estimate of drug-likeness (QED) is 0.603. The molecule has 3 heterocycles.